The lowest BCUT2D eigenvalue weighted by Crippen LogP contribution is -2.55. The third-order valence-corrected chi connectivity index (χ3v) is 3.25. The van der Waals surface area contributed by atoms with Crippen LogP contribution >= 0.6 is 0 Å². The molecule has 1 aromatic carbocycles. The summed E-state index contributed by atoms with van der Waals surface area (Å²) in [6.45, 7) is 5.34. The Balaban J connectivity index is 2.39. The molecule has 0 aliphatic carbocycles. The van der Waals surface area contributed by atoms with Gasteiger partial charge in [-0.15, -0.1) is 0 Å². The van der Waals surface area contributed by atoms with Gasteiger partial charge in [0.25, 0.3) is 0 Å². The maximum atomic E-state index is 12.3. The Kier molecular flexibility index (Phi) is 3.79. The van der Waals surface area contributed by atoms with Crippen LogP contribution in [0, 0.1) is 0 Å². The molecule has 2 rings (SSSR count). The number of para-hydroxylation sites is 1. The molecule has 4 nitrogen and oxygen atoms in total. The summed E-state index contributed by atoms with van der Waals surface area (Å²) in [6.07, 6.45) is 3.67. The first-order valence-electron chi connectivity index (χ1n) is 6.22. The van der Waals surface area contributed by atoms with Gasteiger partial charge in [-0.1, -0.05) is 12.1 Å². The summed E-state index contributed by atoms with van der Waals surface area (Å²) in [5.41, 5.74) is 2.02. The zero-order valence-electron chi connectivity index (χ0n) is 10.8. The van der Waals surface area contributed by atoms with Crippen molar-refractivity contribution in [1.29, 1.82) is 0 Å². The van der Waals surface area contributed by atoms with Crippen LogP contribution in [0.2, 0.25) is 0 Å². The van der Waals surface area contributed by atoms with Gasteiger partial charge in [0.15, 0.2) is 5.69 Å². The van der Waals surface area contributed by atoms with Gasteiger partial charge < -0.3 is 0 Å². The van der Waals surface area contributed by atoms with Crippen molar-refractivity contribution in [3.63, 3.8) is 0 Å². The Bertz CT molecular complexity index is 470. The van der Waals surface area contributed by atoms with Crippen LogP contribution in [0.5, 0.6) is 0 Å². The van der Waals surface area contributed by atoms with Crippen molar-refractivity contribution in [2.75, 3.05) is 19.7 Å². The molecule has 96 valence electrons. The predicted molar refractivity (Wildman–Crippen MR) is 70.8 cm³/mol. The maximum absolute atomic E-state index is 12.3. The number of rotatable bonds is 3. The minimum absolute atomic E-state index is 0.146. The second kappa shape index (κ2) is 5.33. The first-order valence-corrected chi connectivity index (χ1v) is 6.22. The monoisotopic (exact) mass is 248 g/mol. The second-order valence-electron chi connectivity index (χ2n) is 4.18. The summed E-state index contributed by atoms with van der Waals surface area (Å²) in [6, 6.07) is 7.87. The lowest BCUT2D eigenvalue weighted by atomic mass is 10.1. The molecule has 0 aromatic heterocycles. The van der Waals surface area contributed by atoms with Gasteiger partial charge in [0.05, 0.1) is 13.2 Å². The molecule has 4 heteroatoms. The van der Waals surface area contributed by atoms with Gasteiger partial charge in [0.2, 0.25) is 0 Å². The minimum Gasteiger partial charge on any atom is -0.244 e. The van der Waals surface area contributed by atoms with Gasteiger partial charge in [0.1, 0.15) is 6.54 Å². The van der Waals surface area contributed by atoms with Crippen molar-refractivity contribution < 1.29 is 14.6 Å². The van der Waals surface area contributed by atoms with Crippen LogP contribution in [0.25, 0.3) is 6.08 Å². The Morgan fingerprint density at radius 2 is 2.11 bits per heavy atom. The van der Waals surface area contributed by atoms with E-state index in [4.69, 9.17) is 9.78 Å². The van der Waals surface area contributed by atoms with Crippen molar-refractivity contribution >= 4 is 17.9 Å². The number of quaternary nitrogens is 1. The lowest BCUT2D eigenvalue weighted by molar-refractivity contribution is -0.240. The highest BCUT2D eigenvalue weighted by Crippen LogP contribution is 2.33. The van der Waals surface area contributed by atoms with Gasteiger partial charge in [-0.05, 0) is 32.1 Å². The van der Waals surface area contributed by atoms with Gasteiger partial charge in [0, 0.05) is 11.6 Å². The Morgan fingerprint density at radius 3 is 2.83 bits per heavy atom. The van der Waals surface area contributed by atoms with Crippen molar-refractivity contribution in [3.8, 4) is 0 Å². The number of likely N-dealkylation sites (N-methyl/N-ethyl adjacent to an activating group) is 1. The molecule has 1 aromatic rings. The minimum atomic E-state index is -0.365. The van der Waals surface area contributed by atoms with E-state index in [0.29, 0.717) is 19.7 Å². The van der Waals surface area contributed by atoms with Crippen LogP contribution in [0.15, 0.2) is 30.3 Å². The Morgan fingerprint density at radius 1 is 1.33 bits per heavy atom. The molecule has 0 N–H and O–H groups in total. The van der Waals surface area contributed by atoms with E-state index in [2.05, 4.69) is 0 Å². The Hall–Kier alpha value is -1.65. The maximum Gasteiger partial charge on any atom is 0.553 e. The molecule has 1 atom stereocenters. The lowest BCUT2D eigenvalue weighted by Gasteiger charge is -2.34. The molecule has 1 heterocycles. The van der Waals surface area contributed by atoms with E-state index < -0.39 is 0 Å². The average Bonchev–Trinajstić information content (AvgIpc) is 2.44. The van der Waals surface area contributed by atoms with Crippen molar-refractivity contribution in [2.45, 2.75) is 13.8 Å². The molecule has 1 aliphatic rings. The van der Waals surface area contributed by atoms with Crippen molar-refractivity contribution in [3.05, 3.63) is 35.9 Å². The number of nitrogens with zero attached hydrogens (tertiary/aromatic N) is 1. The molecule has 1 aliphatic heterocycles. The van der Waals surface area contributed by atoms with Gasteiger partial charge in [-0.3, -0.25) is 0 Å². The molecule has 0 radical (unpaired) electrons. The average molecular weight is 248 g/mol. The van der Waals surface area contributed by atoms with Gasteiger partial charge in [-0.25, -0.2) is 4.89 Å². The molecule has 0 saturated heterocycles. The number of carbonyl (C=O) groups is 1. The van der Waals surface area contributed by atoms with E-state index in [-0.39, 0.29) is 10.6 Å². The van der Waals surface area contributed by atoms with Crippen LogP contribution in [0.1, 0.15) is 19.4 Å². The smallest absolute Gasteiger partial charge is 0.244 e. The summed E-state index contributed by atoms with van der Waals surface area (Å²) in [7, 11) is 0. The molecule has 0 bridgehead atoms. The van der Waals surface area contributed by atoms with Gasteiger partial charge >= 0.3 is 6.09 Å². The largest absolute Gasteiger partial charge is 0.553 e. The predicted octanol–water partition coefficient (Wildman–Crippen LogP) is 3.13. The molecule has 0 fully saturated rings. The number of hydrogen-bond donors (Lipinski definition) is 0. The van der Waals surface area contributed by atoms with E-state index >= 15 is 0 Å². The van der Waals surface area contributed by atoms with Crippen molar-refractivity contribution in [2.24, 2.45) is 0 Å². The van der Waals surface area contributed by atoms with Crippen LogP contribution in [-0.4, -0.2) is 25.8 Å². The standard InChI is InChI=1S/C14H18NO3/c1-3-15(14(16)18-17-4-2)11-7-9-12-8-5-6-10-13(12)15/h5-10H,3-4,11H2,1-2H3/q+1. The fourth-order valence-corrected chi connectivity index (χ4v) is 2.26. The SMILES string of the molecule is CCOOC(=O)[N+]1(CC)CC=Cc2ccccc21. The summed E-state index contributed by atoms with van der Waals surface area (Å²) in [4.78, 5) is 21.9. The summed E-state index contributed by atoms with van der Waals surface area (Å²) in [5.74, 6) is 0. The highest BCUT2D eigenvalue weighted by molar-refractivity contribution is 5.87. The van der Waals surface area contributed by atoms with Crippen LogP contribution in [0.4, 0.5) is 10.5 Å². The van der Waals surface area contributed by atoms with E-state index in [1.165, 1.54) is 0 Å². The molecule has 0 saturated carbocycles. The van der Waals surface area contributed by atoms with E-state index in [0.717, 1.165) is 11.3 Å². The van der Waals surface area contributed by atoms with E-state index in [1.807, 2.05) is 43.3 Å². The normalized spacial score (nSPS) is 21.4. The summed E-state index contributed by atoms with van der Waals surface area (Å²) >= 11 is 0. The van der Waals surface area contributed by atoms with E-state index in [1.54, 1.807) is 6.92 Å². The molecule has 0 spiro atoms. The van der Waals surface area contributed by atoms with Crippen LogP contribution in [-0.2, 0) is 9.78 Å². The zero-order valence-corrected chi connectivity index (χ0v) is 10.8. The van der Waals surface area contributed by atoms with Gasteiger partial charge in [-0.2, -0.15) is 14.2 Å². The first-order chi connectivity index (χ1) is 8.74. The number of amides is 1. The first kappa shape index (κ1) is 12.8. The third-order valence-electron chi connectivity index (χ3n) is 3.25. The second-order valence-corrected chi connectivity index (χ2v) is 4.18. The topological polar surface area (TPSA) is 35.5 Å². The highest BCUT2D eigenvalue weighted by Gasteiger charge is 2.42. The molecular formula is C14H18NO3+. The summed E-state index contributed by atoms with van der Waals surface area (Å²) < 4.78 is 0.146. The quantitative estimate of drug-likeness (QED) is 0.468. The fourth-order valence-electron chi connectivity index (χ4n) is 2.26. The highest BCUT2D eigenvalue weighted by atomic mass is 17.2. The number of hydrogen-bond acceptors (Lipinski definition) is 3. The number of fused-ring (bicyclic) bond motifs is 1. The van der Waals surface area contributed by atoms with Crippen LogP contribution < -0.4 is 4.48 Å². The molecule has 18 heavy (non-hydrogen) atoms. The molecule has 1 unspecified atom stereocenters. The number of benzene rings is 1. The molecule has 1 amide bonds. The molecular weight excluding hydrogens is 230 g/mol. The van der Waals surface area contributed by atoms with Crippen LogP contribution in [0.3, 0.4) is 0 Å². The fraction of sp³-hybridized carbons (Fsp3) is 0.357. The Labute approximate surface area is 107 Å². The number of carbonyl (C=O) groups excluding carboxylic acids is 1. The zero-order chi connectivity index (χ0) is 13.0. The van der Waals surface area contributed by atoms with E-state index in [9.17, 15) is 4.79 Å². The van der Waals surface area contributed by atoms with Crippen molar-refractivity contribution in [1.82, 2.24) is 4.48 Å². The third kappa shape index (κ3) is 2.05. The summed E-state index contributed by atoms with van der Waals surface area (Å²) in [5, 5.41) is 0.